The Morgan fingerprint density at radius 3 is 2.65 bits per heavy atom. The lowest BCUT2D eigenvalue weighted by molar-refractivity contribution is -0.139. The van der Waals surface area contributed by atoms with Gasteiger partial charge in [0.15, 0.2) is 0 Å². The average Bonchev–Trinajstić information content (AvgIpc) is 2.81. The Morgan fingerprint density at radius 1 is 1.35 bits per heavy atom. The van der Waals surface area contributed by atoms with Gasteiger partial charge < -0.3 is 19.6 Å². The number of carboxylic acids is 1. The van der Waals surface area contributed by atoms with Gasteiger partial charge >= 0.3 is 12.0 Å². The second kappa shape index (κ2) is 5.60. The van der Waals surface area contributed by atoms with Crippen LogP contribution < -0.4 is 0 Å². The molecule has 0 aromatic carbocycles. The Balaban J connectivity index is 2.16. The molecule has 6 heteroatoms. The van der Waals surface area contributed by atoms with Crippen LogP contribution >= 0.6 is 0 Å². The number of urea groups is 1. The number of rotatable bonds is 2. The lowest BCUT2D eigenvalue weighted by atomic mass is 10.1. The molecule has 1 heterocycles. The molecule has 6 nitrogen and oxygen atoms in total. The molecule has 1 aliphatic heterocycles. The van der Waals surface area contributed by atoms with E-state index in [9.17, 15) is 9.59 Å². The van der Waals surface area contributed by atoms with Gasteiger partial charge in [-0.05, 0) is 40.0 Å². The third-order valence-electron chi connectivity index (χ3n) is 4.06. The molecule has 2 rings (SSSR count). The highest BCUT2D eigenvalue weighted by Crippen LogP contribution is 2.31. The number of carbonyl (C=O) groups is 2. The van der Waals surface area contributed by atoms with Crippen LogP contribution in [-0.2, 0) is 9.53 Å². The van der Waals surface area contributed by atoms with Crippen LogP contribution in [0.4, 0.5) is 4.79 Å². The number of morpholine rings is 1. The van der Waals surface area contributed by atoms with Crippen LogP contribution in [-0.4, -0.2) is 64.3 Å². The lowest BCUT2D eigenvalue weighted by Crippen LogP contribution is -2.59. The Kier molecular flexibility index (Phi) is 4.22. The predicted molar refractivity (Wildman–Crippen MR) is 73.6 cm³/mol. The van der Waals surface area contributed by atoms with Gasteiger partial charge in [-0.1, -0.05) is 0 Å². The second-order valence-corrected chi connectivity index (χ2v) is 6.53. The highest BCUT2D eigenvalue weighted by Gasteiger charge is 2.42. The van der Waals surface area contributed by atoms with Crippen LogP contribution in [0.15, 0.2) is 0 Å². The van der Waals surface area contributed by atoms with E-state index in [2.05, 4.69) is 0 Å². The fourth-order valence-corrected chi connectivity index (χ4v) is 3.05. The fourth-order valence-electron chi connectivity index (χ4n) is 3.05. The van der Waals surface area contributed by atoms with E-state index < -0.39 is 11.5 Å². The van der Waals surface area contributed by atoms with E-state index in [1.54, 1.807) is 0 Å². The first kappa shape index (κ1) is 15.1. The minimum atomic E-state index is -0.982. The van der Waals surface area contributed by atoms with Crippen LogP contribution in [0.25, 0.3) is 0 Å². The van der Waals surface area contributed by atoms with E-state index in [4.69, 9.17) is 9.84 Å². The van der Waals surface area contributed by atoms with Gasteiger partial charge in [-0.3, -0.25) is 4.79 Å². The summed E-state index contributed by atoms with van der Waals surface area (Å²) < 4.78 is 5.70. The second-order valence-electron chi connectivity index (χ2n) is 6.53. The Labute approximate surface area is 119 Å². The molecule has 0 radical (unpaired) electrons. The third kappa shape index (κ3) is 3.06. The molecule has 0 bridgehead atoms. The SMILES string of the molecule is CC(C)(C)N(CC(=O)O)C(=O)N1CCOC2CCCC21. The summed E-state index contributed by atoms with van der Waals surface area (Å²) in [7, 11) is 0. The molecule has 0 aromatic rings. The molecule has 20 heavy (non-hydrogen) atoms. The van der Waals surface area contributed by atoms with Crippen molar-refractivity contribution >= 4 is 12.0 Å². The molecule has 1 saturated heterocycles. The zero-order valence-electron chi connectivity index (χ0n) is 12.5. The lowest BCUT2D eigenvalue weighted by Gasteiger charge is -2.43. The molecule has 114 valence electrons. The van der Waals surface area contributed by atoms with Crippen LogP contribution in [0.1, 0.15) is 40.0 Å². The average molecular weight is 284 g/mol. The van der Waals surface area contributed by atoms with Gasteiger partial charge in [-0.2, -0.15) is 0 Å². The van der Waals surface area contributed by atoms with E-state index in [0.29, 0.717) is 13.2 Å². The highest BCUT2D eigenvalue weighted by molar-refractivity contribution is 5.81. The van der Waals surface area contributed by atoms with Gasteiger partial charge in [0.05, 0.1) is 18.8 Å². The minimum Gasteiger partial charge on any atom is -0.480 e. The summed E-state index contributed by atoms with van der Waals surface area (Å²) in [6, 6.07) is -0.0741. The molecule has 1 saturated carbocycles. The zero-order chi connectivity index (χ0) is 14.9. The van der Waals surface area contributed by atoms with Gasteiger partial charge in [0.1, 0.15) is 6.54 Å². The van der Waals surface area contributed by atoms with Gasteiger partial charge in [0.2, 0.25) is 0 Å². The number of amides is 2. The van der Waals surface area contributed by atoms with Crippen LogP contribution in [0.3, 0.4) is 0 Å². The first-order valence-corrected chi connectivity index (χ1v) is 7.22. The first-order valence-electron chi connectivity index (χ1n) is 7.22. The molecule has 1 N–H and O–H groups in total. The normalized spacial score (nSPS) is 26.2. The Bertz CT molecular complexity index is 391. The van der Waals surface area contributed by atoms with Crippen LogP contribution in [0.2, 0.25) is 0 Å². The van der Waals surface area contributed by atoms with Crippen LogP contribution in [0.5, 0.6) is 0 Å². The van der Waals surface area contributed by atoms with Crippen molar-refractivity contribution in [1.82, 2.24) is 9.80 Å². The maximum absolute atomic E-state index is 12.8. The van der Waals surface area contributed by atoms with Crippen molar-refractivity contribution in [3.63, 3.8) is 0 Å². The molecular formula is C14H24N2O4. The molecule has 0 spiro atoms. The number of carboxylic acid groups (broad SMARTS) is 1. The van der Waals surface area contributed by atoms with Crippen molar-refractivity contribution in [3.8, 4) is 0 Å². The molecule has 2 atom stereocenters. The largest absolute Gasteiger partial charge is 0.480 e. The minimum absolute atomic E-state index is 0.106. The fraction of sp³-hybridized carbons (Fsp3) is 0.857. The van der Waals surface area contributed by atoms with Gasteiger partial charge in [0, 0.05) is 12.1 Å². The number of ether oxygens (including phenoxy) is 1. The Morgan fingerprint density at radius 2 is 2.05 bits per heavy atom. The van der Waals surface area contributed by atoms with Gasteiger partial charge in [-0.15, -0.1) is 0 Å². The monoisotopic (exact) mass is 284 g/mol. The molecule has 1 aliphatic carbocycles. The van der Waals surface area contributed by atoms with Crippen molar-refractivity contribution in [2.75, 3.05) is 19.7 Å². The number of aliphatic carboxylic acids is 1. The number of carbonyl (C=O) groups excluding carboxylic acids is 1. The van der Waals surface area contributed by atoms with Crippen molar-refractivity contribution in [2.24, 2.45) is 0 Å². The zero-order valence-corrected chi connectivity index (χ0v) is 12.5. The maximum atomic E-state index is 12.8. The third-order valence-corrected chi connectivity index (χ3v) is 4.06. The van der Waals surface area contributed by atoms with Crippen molar-refractivity contribution in [3.05, 3.63) is 0 Å². The molecule has 2 amide bonds. The van der Waals surface area contributed by atoms with E-state index in [-0.39, 0.29) is 24.7 Å². The summed E-state index contributed by atoms with van der Waals surface area (Å²) in [4.78, 5) is 27.0. The molecule has 2 aliphatic rings. The quantitative estimate of drug-likeness (QED) is 0.835. The topological polar surface area (TPSA) is 70.1 Å². The highest BCUT2D eigenvalue weighted by atomic mass is 16.5. The van der Waals surface area contributed by atoms with Crippen molar-refractivity contribution in [1.29, 1.82) is 0 Å². The summed E-state index contributed by atoms with van der Waals surface area (Å²) >= 11 is 0. The predicted octanol–water partition coefficient (Wildman–Crippen LogP) is 1.54. The van der Waals surface area contributed by atoms with Gasteiger partial charge in [0.25, 0.3) is 0 Å². The standard InChI is InChI=1S/C14H24N2O4/c1-14(2,3)16(9-12(17)18)13(19)15-7-8-20-11-6-4-5-10(11)15/h10-11H,4-9H2,1-3H3,(H,17,18). The summed E-state index contributed by atoms with van der Waals surface area (Å²) in [5.41, 5.74) is -0.512. The summed E-state index contributed by atoms with van der Waals surface area (Å²) in [6.07, 6.45) is 3.12. The van der Waals surface area contributed by atoms with Crippen molar-refractivity contribution in [2.45, 2.75) is 57.7 Å². The van der Waals surface area contributed by atoms with Crippen LogP contribution in [0, 0.1) is 0 Å². The molecular weight excluding hydrogens is 260 g/mol. The van der Waals surface area contributed by atoms with E-state index in [1.165, 1.54) is 4.90 Å². The molecule has 2 unspecified atom stereocenters. The van der Waals surface area contributed by atoms with E-state index in [0.717, 1.165) is 19.3 Å². The number of hydrogen-bond donors (Lipinski definition) is 1. The number of hydrogen-bond acceptors (Lipinski definition) is 3. The first-order chi connectivity index (χ1) is 9.30. The molecule has 0 aromatic heterocycles. The number of fused-ring (bicyclic) bond motifs is 1. The Hall–Kier alpha value is -1.30. The summed E-state index contributed by atoms with van der Waals surface area (Å²) in [6.45, 7) is 6.41. The van der Waals surface area contributed by atoms with E-state index >= 15 is 0 Å². The van der Waals surface area contributed by atoms with Crippen molar-refractivity contribution < 1.29 is 19.4 Å². The van der Waals surface area contributed by atoms with Gasteiger partial charge in [-0.25, -0.2) is 4.79 Å². The summed E-state index contributed by atoms with van der Waals surface area (Å²) in [5.74, 6) is -0.982. The summed E-state index contributed by atoms with van der Waals surface area (Å²) in [5, 5.41) is 9.04. The van der Waals surface area contributed by atoms with E-state index in [1.807, 2.05) is 25.7 Å². The molecule has 2 fully saturated rings. The smallest absolute Gasteiger partial charge is 0.323 e. The maximum Gasteiger partial charge on any atom is 0.323 e. The number of nitrogens with zero attached hydrogens (tertiary/aromatic N) is 2.